The van der Waals surface area contributed by atoms with E-state index in [4.69, 9.17) is 5.73 Å². The lowest BCUT2D eigenvalue weighted by atomic mass is 10.0. The summed E-state index contributed by atoms with van der Waals surface area (Å²) >= 11 is 1.54. The number of carbonyl (C=O) groups excluding carboxylic acids is 2. The number of aromatic nitrogens is 3. The molecular formula is C22H17F2N5O2S. The van der Waals surface area contributed by atoms with Gasteiger partial charge in [0.1, 0.15) is 5.69 Å². The van der Waals surface area contributed by atoms with E-state index < -0.39 is 17.5 Å². The summed E-state index contributed by atoms with van der Waals surface area (Å²) in [6.45, 7) is 0.907. The topological polar surface area (TPSA) is 94.1 Å². The van der Waals surface area contributed by atoms with Crippen LogP contribution in [0.2, 0.25) is 0 Å². The molecule has 1 aliphatic heterocycles. The third-order valence-electron chi connectivity index (χ3n) is 5.52. The number of primary amides is 1. The van der Waals surface area contributed by atoms with Crippen LogP contribution in [0.25, 0.3) is 21.5 Å². The van der Waals surface area contributed by atoms with Gasteiger partial charge in [0.05, 0.1) is 46.5 Å². The van der Waals surface area contributed by atoms with Crippen LogP contribution >= 0.6 is 11.3 Å². The highest BCUT2D eigenvalue weighted by Gasteiger charge is 2.30. The van der Waals surface area contributed by atoms with Gasteiger partial charge in [0.15, 0.2) is 11.6 Å². The average molecular weight is 453 g/mol. The second-order valence-electron chi connectivity index (χ2n) is 7.53. The molecule has 0 radical (unpaired) electrons. The van der Waals surface area contributed by atoms with Crippen LogP contribution in [0.4, 0.5) is 8.78 Å². The molecule has 0 unspecified atom stereocenters. The zero-order chi connectivity index (χ0) is 22.4. The normalized spacial score (nSPS) is 13.4. The van der Waals surface area contributed by atoms with Crippen LogP contribution in [-0.4, -0.2) is 38.0 Å². The first-order valence-electron chi connectivity index (χ1n) is 9.85. The third kappa shape index (κ3) is 3.52. The molecule has 0 fully saturated rings. The van der Waals surface area contributed by atoms with Crippen molar-refractivity contribution in [1.29, 1.82) is 0 Å². The SMILES string of the molecule is NC(=O)c1c(-c2ccc(F)c(F)c2)nn2c1CN(C(=O)Cc1ccc3scnc3c1)CC2. The van der Waals surface area contributed by atoms with E-state index in [0.29, 0.717) is 18.8 Å². The Morgan fingerprint density at radius 3 is 2.72 bits per heavy atom. The van der Waals surface area contributed by atoms with E-state index in [9.17, 15) is 18.4 Å². The van der Waals surface area contributed by atoms with E-state index in [0.717, 1.165) is 27.9 Å². The first kappa shape index (κ1) is 20.3. The second-order valence-corrected chi connectivity index (χ2v) is 8.42. The molecule has 0 bridgehead atoms. The highest BCUT2D eigenvalue weighted by Crippen LogP contribution is 2.29. The number of benzene rings is 2. The molecule has 0 aliphatic carbocycles. The number of rotatable bonds is 4. The number of hydrogen-bond donors (Lipinski definition) is 1. The summed E-state index contributed by atoms with van der Waals surface area (Å²) in [4.78, 5) is 31.1. The Hall–Kier alpha value is -3.66. The Morgan fingerprint density at radius 1 is 1.09 bits per heavy atom. The highest BCUT2D eigenvalue weighted by atomic mass is 32.1. The molecule has 1 aliphatic rings. The highest BCUT2D eigenvalue weighted by molar-refractivity contribution is 7.16. The number of fused-ring (bicyclic) bond motifs is 2. The summed E-state index contributed by atoms with van der Waals surface area (Å²) in [5.41, 5.74) is 10.1. The molecule has 0 saturated carbocycles. The number of amides is 2. The van der Waals surface area contributed by atoms with Gasteiger partial charge < -0.3 is 10.6 Å². The summed E-state index contributed by atoms with van der Waals surface area (Å²) in [5.74, 6) is -2.88. The first-order chi connectivity index (χ1) is 15.4. The maximum atomic E-state index is 13.8. The molecule has 0 atom stereocenters. The van der Waals surface area contributed by atoms with Crippen LogP contribution in [0.3, 0.4) is 0 Å². The number of halogens is 2. The lowest BCUT2D eigenvalue weighted by molar-refractivity contribution is -0.132. The van der Waals surface area contributed by atoms with E-state index in [1.54, 1.807) is 15.1 Å². The minimum absolute atomic E-state index is 0.100. The number of thiazole rings is 1. The Bertz CT molecular complexity index is 1380. The fraction of sp³-hybridized carbons (Fsp3) is 0.182. The second kappa shape index (κ2) is 7.79. The maximum Gasteiger partial charge on any atom is 0.252 e. The molecule has 0 spiro atoms. The van der Waals surface area contributed by atoms with E-state index >= 15 is 0 Å². The lowest BCUT2D eigenvalue weighted by Crippen LogP contribution is -2.40. The molecule has 2 amide bonds. The van der Waals surface area contributed by atoms with Gasteiger partial charge in [0.2, 0.25) is 5.91 Å². The molecule has 10 heteroatoms. The van der Waals surface area contributed by atoms with Gasteiger partial charge in [-0.05, 0) is 35.9 Å². The van der Waals surface area contributed by atoms with Gasteiger partial charge in [-0.25, -0.2) is 13.8 Å². The predicted octanol–water partition coefficient (Wildman–Crippen LogP) is 3.12. The van der Waals surface area contributed by atoms with Crippen LogP contribution in [0, 0.1) is 11.6 Å². The maximum absolute atomic E-state index is 13.8. The fourth-order valence-electron chi connectivity index (χ4n) is 3.93. The smallest absolute Gasteiger partial charge is 0.252 e. The number of nitrogens with two attached hydrogens (primary N) is 1. The molecule has 5 rings (SSSR count). The minimum atomic E-state index is -1.04. The molecule has 2 aromatic heterocycles. The van der Waals surface area contributed by atoms with Crippen molar-refractivity contribution in [2.24, 2.45) is 5.73 Å². The zero-order valence-electron chi connectivity index (χ0n) is 16.7. The van der Waals surface area contributed by atoms with Crippen molar-refractivity contribution in [2.75, 3.05) is 6.54 Å². The van der Waals surface area contributed by atoms with E-state index in [-0.39, 0.29) is 35.7 Å². The van der Waals surface area contributed by atoms with Gasteiger partial charge in [-0.1, -0.05) is 6.07 Å². The van der Waals surface area contributed by atoms with E-state index in [2.05, 4.69) is 10.1 Å². The fourth-order valence-corrected chi connectivity index (χ4v) is 4.59. The minimum Gasteiger partial charge on any atom is -0.365 e. The van der Waals surface area contributed by atoms with Gasteiger partial charge in [0.25, 0.3) is 5.91 Å². The van der Waals surface area contributed by atoms with Crippen molar-refractivity contribution >= 4 is 33.4 Å². The summed E-state index contributed by atoms with van der Waals surface area (Å²) < 4.78 is 29.8. The van der Waals surface area contributed by atoms with Gasteiger partial charge in [-0.2, -0.15) is 5.10 Å². The van der Waals surface area contributed by atoms with Crippen molar-refractivity contribution in [2.45, 2.75) is 19.5 Å². The van der Waals surface area contributed by atoms with Crippen molar-refractivity contribution < 1.29 is 18.4 Å². The average Bonchev–Trinajstić information content (AvgIpc) is 3.39. The van der Waals surface area contributed by atoms with Crippen molar-refractivity contribution in [3.05, 3.63) is 70.4 Å². The summed E-state index contributed by atoms with van der Waals surface area (Å²) in [5, 5.41) is 4.40. The van der Waals surface area contributed by atoms with Gasteiger partial charge in [-0.15, -0.1) is 11.3 Å². The van der Waals surface area contributed by atoms with Crippen LogP contribution in [0.15, 0.2) is 41.9 Å². The summed E-state index contributed by atoms with van der Waals surface area (Å²) in [6, 6.07) is 9.05. The van der Waals surface area contributed by atoms with E-state index in [1.807, 2.05) is 18.2 Å². The number of carbonyl (C=O) groups is 2. The molecule has 0 saturated heterocycles. The van der Waals surface area contributed by atoms with Crippen LogP contribution in [0.5, 0.6) is 0 Å². The molecular weight excluding hydrogens is 436 g/mol. The third-order valence-corrected chi connectivity index (χ3v) is 6.33. The Balaban J connectivity index is 1.43. The van der Waals surface area contributed by atoms with Crippen LogP contribution < -0.4 is 5.73 Å². The Kier molecular flexibility index (Phi) is 4.93. The largest absolute Gasteiger partial charge is 0.365 e. The van der Waals surface area contributed by atoms with Gasteiger partial charge in [0, 0.05) is 12.1 Å². The molecule has 3 heterocycles. The quantitative estimate of drug-likeness (QED) is 0.514. The van der Waals surface area contributed by atoms with Crippen molar-refractivity contribution in [3.63, 3.8) is 0 Å². The molecule has 162 valence electrons. The monoisotopic (exact) mass is 453 g/mol. The Labute approximate surface area is 185 Å². The molecule has 2 N–H and O–H groups in total. The summed E-state index contributed by atoms with van der Waals surface area (Å²) in [6.07, 6.45) is 0.198. The Morgan fingerprint density at radius 2 is 1.94 bits per heavy atom. The standard InChI is InChI=1S/C22H17F2N5O2S/c23-14-3-2-13(9-15(14)24)21-20(22(25)31)17-10-28(5-6-29(17)27-21)19(30)8-12-1-4-18-16(7-12)26-11-32-18/h1-4,7,9,11H,5-6,8,10H2,(H2,25,31). The lowest BCUT2D eigenvalue weighted by Gasteiger charge is -2.28. The van der Waals surface area contributed by atoms with Crippen LogP contribution in [-0.2, 0) is 24.3 Å². The first-order valence-corrected chi connectivity index (χ1v) is 10.7. The van der Waals surface area contributed by atoms with Gasteiger partial charge in [-0.3, -0.25) is 14.3 Å². The molecule has 2 aromatic carbocycles. The molecule has 7 nitrogen and oxygen atoms in total. The molecule has 4 aromatic rings. The predicted molar refractivity (Wildman–Crippen MR) is 115 cm³/mol. The van der Waals surface area contributed by atoms with Gasteiger partial charge >= 0.3 is 0 Å². The number of nitrogens with zero attached hydrogens (tertiary/aromatic N) is 4. The number of hydrogen-bond acceptors (Lipinski definition) is 5. The van der Waals surface area contributed by atoms with Crippen molar-refractivity contribution in [1.82, 2.24) is 19.7 Å². The van der Waals surface area contributed by atoms with Crippen LogP contribution in [0.1, 0.15) is 21.6 Å². The zero-order valence-corrected chi connectivity index (χ0v) is 17.5. The molecule has 32 heavy (non-hydrogen) atoms. The van der Waals surface area contributed by atoms with E-state index in [1.165, 1.54) is 17.4 Å². The van der Waals surface area contributed by atoms with Crippen molar-refractivity contribution in [3.8, 4) is 11.3 Å². The summed E-state index contributed by atoms with van der Waals surface area (Å²) in [7, 11) is 0.